The van der Waals surface area contributed by atoms with Crippen LogP contribution in [0.3, 0.4) is 0 Å². The summed E-state index contributed by atoms with van der Waals surface area (Å²) < 4.78 is 58.1. The van der Waals surface area contributed by atoms with Crippen molar-refractivity contribution in [2.75, 3.05) is 4.31 Å². The Hall–Kier alpha value is -4.74. The van der Waals surface area contributed by atoms with E-state index < -0.39 is 67.6 Å². The average Bonchev–Trinajstić information content (AvgIpc) is 3.11. The third kappa shape index (κ3) is 11.4. The molecule has 3 atom stereocenters. The fourth-order valence-corrected chi connectivity index (χ4v) is 8.31. The van der Waals surface area contributed by atoms with Crippen molar-refractivity contribution in [3.05, 3.63) is 66.6 Å². The standard InChI is InChI=1S/C34H44N10O8S4/c1-5-7-9-11-19(3)43-56(51,52)26-18-22(40-42-28-31(47)37-34(54)38-32(28)48)14-16-24(26)23-15-13-21(39-41-27-29(45)35-33(53)36-30(27)46)17-25(23)44(55(49)50)20(4)12-10-8-6-2/h13-20,43H,5-12H2,1-4H3,(H,49,50)(H3,35,36,45,46,53)(H3,37,38,47,48,54)/p-1. The lowest BCUT2D eigenvalue weighted by Crippen LogP contribution is -2.35. The number of nitrogens with one attached hydrogen (secondary N) is 5. The van der Waals surface area contributed by atoms with Crippen LogP contribution in [0, 0.1) is 9.54 Å². The molecule has 2 aromatic carbocycles. The highest BCUT2D eigenvalue weighted by atomic mass is 32.2. The molecular formula is C34H43N10O8S4-. The van der Waals surface area contributed by atoms with E-state index >= 15 is 0 Å². The van der Waals surface area contributed by atoms with Crippen LogP contribution < -0.4 is 20.1 Å². The van der Waals surface area contributed by atoms with Crippen molar-refractivity contribution in [1.29, 1.82) is 0 Å². The molecule has 0 radical (unpaired) electrons. The van der Waals surface area contributed by atoms with E-state index in [4.69, 9.17) is 24.4 Å². The van der Waals surface area contributed by atoms with Gasteiger partial charge in [-0.3, -0.25) is 28.1 Å². The highest BCUT2D eigenvalue weighted by Crippen LogP contribution is 2.41. The molecule has 4 aromatic rings. The summed E-state index contributed by atoms with van der Waals surface area (Å²) in [5.41, 5.74) is -2.30. The molecule has 22 heteroatoms. The molecule has 0 spiro atoms. The van der Waals surface area contributed by atoms with E-state index in [1.807, 2.05) is 13.8 Å². The van der Waals surface area contributed by atoms with E-state index in [9.17, 15) is 37.0 Å². The van der Waals surface area contributed by atoms with E-state index in [1.54, 1.807) is 13.8 Å². The van der Waals surface area contributed by atoms with Crippen LogP contribution in [-0.2, 0) is 21.3 Å². The normalized spacial score (nSPS) is 13.7. The summed E-state index contributed by atoms with van der Waals surface area (Å²) in [5.74, 6) is -1.28. The third-order valence-electron chi connectivity index (χ3n) is 8.47. The molecular weight excluding hydrogens is 805 g/mol. The number of hydrogen-bond donors (Lipinski definition) is 7. The number of unbranched alkanes of at least 4 members (excludes halogenated alkanes) is 4. The van der Waals surface area contributed by atoms with Gasteiger partial charge in [0.1, 0.15) is 0 Å². The summed E-state index contributed by atoms with van der Waals surface area (Å²) in [7, 11) is -4.35. The zero-order valence-electron chi connectivity index (χ0n) is 31.0. The van der Waals surface area contributed by atoms with E-state index in [2.05, 4.69) is 45.1 Å². The molecule has 3 unspecified atom stereocenters. The van der Waals surface area contributed by atoms with Gasteiger partial charge < -0.3 is 24.7 Å². The van der Waals surface area contributed by atoms with Crippen LogP contribution in [0.1, 0.15) is 79.1 Å². The number of aromatic hydroxyl groups is 2. The highest BCUT2D eigenvalue weighted by Gasteiger charge is 2.27. The second-order valence-electron chi connectivity index (χ2n) is 12.9. The Balaban J connectivity index is 1.96. The number of anilines is 1. The molecule has 18 nitrogen and oxygen atoms in total. The molecule has 2 heterocycles. The van der Waals surface area contributed by atoms with E-state index in [1.165, 1.54) is 36.4 Å². The Kier molecular flexibility index (Phi) is 15.6. The van der Waals surface area contributed by atoms with Gasteiger partial charge in [-0.15, -0.1) is 10.2 Å². The van der Waals surface area contributed by atoms with Gasteiger partial charge in [-0.1, -0.05) is 64.5 Å². The van der Waals surface area contributed by atoms with Gasteiger partial charge in [0.15, 0.2) is 9.54 Å². The molecule has 2 aromatic heterocycles. The Labute approximate surface area is 335 Å². The van der Waals surface area contributed by atoms with E-state index in [0.717, 1.165) is 36.4 Å². The monoisotopic (exact) mass is 847 g/mol. The molecule has 0 fully saturated rings. The molecule has 56 heavy (non-hydrogen) atoms. The minimum atomic E-state index is -4.35. The predicted molar refractivity (Wildman–Crippen MR) is 217 cm³/mol. The second-order valence-corrected chi connectivity index (χ2v) is 16.2. The van der Waals surface area contributed by atoms with Crippen molar-refractivity contribution >= 4 is 74.2 Å². The second kappa shape index (κ2) is 19.9. The van der Waals surface area contributed by atoms with Crippen LogP contribution in [-0.4, -0.2) is 59.4 Å². The molecule has 0 saturated heterocycles. The van der Waals surface area contributed by atoms with Crippen molar-refractivity contribution in [3.63, 3.8) is 0 Å². The van der Waals surface area contributed by atoms with E-state index in [-0.39, 0.29) is 42.6 Å². The van der Waals surface area contributed by atoms with Crippen LogP contribution in [0.4, 0.5) is 28.4 Å². The minimum absolute atomic E-state index is 0.0231. The van der Waals surface area contributed by atoms with Gasteiger partial charge in [0, 0.05) is 34.5 Å². The quantitative estimate of drug-likeness (QED) is 0.0207. The van der Waals surface area contributed by atoms with Gasteiger partial charge in [0.2, 0.25) is 33.2 Å². The fourth-order valence-electron chi connectivity index (χ4n) is 5.71. The number of aromatic amines is 4. The Morgan fingerprint density at radius 3 is 1.79 bits per heavy atom. The molecule has 0 aliphatic heterocycles. The van der Waals surface area contributed by atoms with Gasteiger partial charge in [-0.25, -0.2) is 13.1 Å². The minimum Gasteiger partial charge on any atom is -0.755 e. The number of rotatable bonds is 19. The molecule has 0 bridgehead atoms. The largest absolute Gasteiger partial charge is 0.755 e. The van der Waals surface area contributed by atoms with E-state index in [0.29, 0.717) is 19.3 Å². The smallest absolute Gasteiger partial charge is 0.283 e. The molecule has 0 aliphatic carbocycles. The first kappa shape index (κ1) is 44.0. The van der Waals surface area contributed by atoms with Crippen LogP contribution in [0.25, 0.3) is 11.1 Å². The topological polar surface area (TPSA) is 277 Å². The van der Waals surface area contributed by atoms with Crippen LogP contribution >= 0.6 is 24.4 Å². The number of H-pyrrole nitrogens is 4. The van der Waals surface area contributed by atoms with Gasteiger partial charge >= 0.3 is 0 Å². The number of hydrogen-bond acceptors (Lipinski definition) is 14. The lowest BCUT2D eigenvalue weighted by Gasteiger charge is -2.34. The molecule has 7 N–H and O–H groups in total. The Morgan fingerprint density at radius 2 is 1.29 bits per heavy atom. The summed E-state index contributed by atoms with van der Waals surface area (Å²) in [6.45, 7) is 7.51. The van der Waals surface area contributed by atoms with Gasteiger partial charge in [-0.05, 0) is 75.4 Å². The zero-order valence-corrected chi connectivity index (χ0v) is 34.3. The van der Waals surface area contributed by atoms with Crippen LogP contribution in [0.5, 0.6) is 11.8 Å². The SMILES string of the molecule is CCCCCC(C)NS(=O)(=O)c1cc(N=Nc2c(O)[nH]c(=S)[nH]c2=O)ccc1-c1ccc(N=Nc2c(O)[nH]c(=S)[nH]c2=O)cc1N(C(C)CCCCC)S(=O)[O-]. The zero-order chi connectivity index (χ0) is 41.2. The molecule has 4 rings (SSSR count). The Bertz CT molecular complexity index is 2460. The van der Waals surface area contributed by atoms with Gasteiger partial charge in [-0.2, -0.15) is 10.2 Å². The summed E-state index contributed by atoms with van der Waals surface area (Å²) >= 11 is 6.85. The first-order chi connectivity index (χ1) is 26.6. The molecule has 302 valence electrons. The predicted octanol–water partition coefficient (Wildman–Crippen LogP) is 7.90. The number of azo groups is 2. The fraction of sp³-hybridized carbons (Fsp3) is 0.412. The van der Waals surface area contributed by atoms with Gasteiger partial charge in [0.25, 0.3) is 11.1 Å². The van der Waals surface area contributed by atoms with Crippen LogP contribution in [0.2, 0.25) is 0 Å². The maximum atomic E-state index is 14.2. The van der Waals surface area contributed by atoms with Crippen molar-refractivity contribution in [1.82, 2.24) is 24.7 Å². The summed E-state index contributed by atoms with van der Waals surface area (Å²) in [5, 5.41) is 36.2. The summed E-state index contributed by atoms with van der Waals surface area (Å²) in [4.78, 5) is 33.8. The lowest BCUT2D eigenvalue weighted by molar-refractivity contribution is 0.450. The van der Waals surface area contributed by atoms with Crippen molar-refractivity contribution in [3.8, 4) is 22.9 Å². The summed E-state index contributed by atoms with van der Waals surface area (Å²) in [6, 6.07) is 7.25. The van der Waals surface area contributed by atoms with Gasteiger partial charge in [0.05, 0.1) is 22.0 Å². The first-order valence-electron chi connectivity index (χ1n) is 17.7. The maximum absolute atomic E-state index is 14.2. The van der Waals surface area contributed by atoms with Crippen molar-refractivity contribution in [2.45, 2.75) is 96.0 Å². The molecule has 0 saturated carbocycles. The number of benzene rings is 2. The number of aromatic nitrogens is 4. The maximum Gasteiger partial charge on any atom is 0.283 e. The first-order valence-corrected chi connectivity index (χ1v) is 21.0. The number of sulfonamides is 1. The summed E-state index contributed by atoms with van der Waals surface area (Å²) in [6.07, 6.45) is 6.09. The molecule has 0 aliphatic rings. The number of nitrogens with zero attached hydrogens (tertiary/aromatic N) is 5. The van der Waals surface area contributed by atoms with Crippen molar-refractivity contribution < 1.29 is 27.4 Å². The lowest BCUT2D eigenvalue weighted by atomic mass is 10.0. The Morgan fingerprint density at radius 1 is 0.786 bits per heavy atom. The average molecular weight is 848 g/mol. The third-order valence-corrected chi connectivity index (χ3v) is 11.4. The van der Waals surface area contributed by atoms with Crippen LogP contribution in [0.15, 0.2) is 71.3 Å². The van der Waals surface area contributed by atoms with Crippen molar-refractivity contribution in [2.24, 2.45) is 20.5 Å². The molecule has 0 amide bonds. The highest BCUT2D eigenvalue weighted by molar-refractivity contribution is 7.89.